The molecule has 0 N–H and O–H groups in total. The summed E-state index contributed by atoms with van der Waals surface area (Å²) in [6.07, 6.45) is 4.84. The molecule has 2 heteroatoms. The smallest absolute Gasteiger partial charge is 0.127 e. The summed E-state index contributed by atoms with van der Waals surface area (Å²) in [6, 6.07) is 4.91. The lowest BCUT2D eigenvalue weighted by Gasteiger charge is -2.35. The van der Waals surface area contributed by atoms with Crippen molar-refractivity contribution in [1.29, 1.82) is 0 Å². The van der Waals surface area contributed by atoms with Gasteiger partial charge in [0.2, 0.25) is 0 Å². The molecule has 1 fully saturated rings. The predicted molar refractivity (Wildman–Crippen MR) is 67.8 cm³/mol. The highest BCUT2D eigenvalue weighted by molar-refractivity contribution is 5.28. The van der Waals surface area contributed by atoms with Crippen LogP contribution in [0.25, 0.3) is 0 Å². The van der Waals surface area contributed by atoms with Gasteiger partial charge in [-0.3, -0.25) is 0 Å². The highest BCUT2D eigenvalue weighted by Gasteiger charge is 2.29. The number of hydrogen-bond acceptors (Lipinski definition) is 1. The summed E-state index contributed by atoms with van der Waals surface area (Å²) in [7, 11) is 0. The van der Waals surface area contributed by atoms with Gasteiger partial charge in [-0.2, -0.15) is 0 Å². The first-order valence-corrected chi connectivity index (χ1v) is 6.38. The molecule has 0 spiro atoms. The molecule has 1 saturated carbocycles. The van der Waals surface area contributed by atoms with E-state index in [-0.39, 0.29) is 11.9 Å². The Labute approximate surface area is 103 Å². The largest absolute Gasteiger partial charge is 0.490 e. The second-order valence-electron chi connectivity index (χ2n) is 5.96. The Balaban J connectivity index is 2.05. The van der Waals surface area contributed by atoms with Crippen LogP contribution in [-0.2, 0) is 0 Å². The Morgan fingerprint density at radius 2 is 2.06 bits per heavy atom. The molecule has 2 rings (SSSR count). The molecular formula is C15H21FO. The number of ether oxygens (including phenoxy) is 1. The molecule has 1 atom stereocenters. The van der Waals surface area contributed by atoms with Crippen molar-refractivity contribution in [1.82, 2.24) is 0 Å². The van der Waals surface area contributed by atoms with Gasteiger partial charge in [-0.05, 0) is 55.7 Å². The number of benzene rings is 1. The summed E-state index contributed by atoms with van der Waals surface area (Å²) in [6.45, 7) is 6.44. The van der Waals surface area contributed by atoms with E-state index in [1.165, 1.54) is 25.0 Å². The summed E-state index contributed by atoms with van der Waals surface area (Å²) in [5.41, 5.74) is 1.26. The van der Waals surface area contributed by atoms with Crippen LogP contribution in [0.1, 0.15) is 45.1 Å². The number of halogens is 1. The third-order valence-corrected chi connectivity index (χ3v) is 3.48. The molecule has 1 aliphatic rings. The van der Waals surface area contributed by atoms with Crippen LogP contribution in [0.5, 0.6) is 5.75 Å². The van der Waals surface area contributed by atoms with Gasteiger partial charge in [0.25, 0.3) is 0 Å². The zero-order chi connectivity index (χ0) is 12.5. The van der Waals surface area contributed by atoms with Crippen molar-refractivity contribution >= 4 is 0 Å². The molecule has 0 radical (unpaired) electrons. The van der Waals surface area contributed by atoms with E-state index >= 15 is 0 Å². The summed E-state index contributed by atoms with van der Waals surface area (Å²) < 4.78 is 19.2. The Hall–Kier alpha value is -1.05. The average molecular weight is 236 g/mol. The van der Waals surface area contributed by atoms with E-state index in [1.54, 1.807) is 0 Å². The van der Waals surface area contributed by atoms with Crippen LogP contribution in [0.15, 0.2) is 18.2 Å². The van der Waals surface area contributed by atoms with Gasteiger partial charge in [-0.1, -0.05) is 13.8 Å². The molecule has 0 heterocycles. The van der Waals surface area contributed by atoms with Gasteiger partial charge in [-0.15, -0.1) is 0 Å². The van der Waals surface area contributed by atoms with E-state index in [2.05, 4.69) is 13.8 Å². The molecule has 94 valence electrons. The zero-order valence-corrected chi connectivity index (χ0v) is 10.9. The quantitative estimate of drug-likeness (QED) is 0.735. The Morgan fingerprint density at radius 3 is 2.71 bits per heavy atom. The van der Waals surface area contributed by atoms with Crippen molar-refractivity contribution in [3.63, 3.8) is 0 Å². The lowest BCUT2D eigenvalue weighted by atomic mass is 9.76. The predicted octanol–water partition coefficient (Wildman–Crippen LogP) is 4.48. The maximum absolute atomic E-state index is 13.3. The Morgan fingerprint density at radius 1 is 1.29 bits per heavy atom. The lowest BCUT2D eigenvalue weighted by molar-refractivity contribution is 0.0848. The molecule has 1 unspecified atom stereocenters. The second kappa shape index (κ2) is 4.67. The zero-order valence-electron chi connectivity index (χ0n) is 10.9. The maximum Gasteiger partial charge on any atom is 0.127 e. The fraction of sp³-hybridized carbons (Fsp3) is 0.600. The van der Waals surface area contributed by atoms with Crippen LogP contribution in [0, 0.1) is 18.2 Å². The fourth-order valence-corrected chi connectivity index (χ4v) is 2.69. The van der Waals surface area contributed by atoms with Crippen molar-refractivity contribution in [2.75, 3.05) is 0 Å². The number of hydrogen-bond donors (Lipinski definition) is 0. The van der Waals surface area contributed by atoms with E-state index < -0.39 is 0 Å². The van der Waals surface area contributed by atoms with Crippen LogP contribution in [0.3, 0.4) is 0 Å². The van der Waals surface area contributed by atoms with Crippen molar-refractivity contribution in [2.45, 2.75) is 52.6 Å². The van der Waals surface area contributed by atoms with E-state index in [1.807, 2.05) is 13.0 Å². The van der Waals surface area contributed by atoms with Crippen LogP contribution in [-0.4, -0.2) is 6.10 Å². The highest BCUT2D eigenvalue weighted by Crippen LogP contribution is 2.37. The maximum atomic E-state index is 13.3. The highest BCUT2D eigenvalue weighted by atomic mass is 19.1. The first kappa shape index (κ1) is 12.4. The SMILES string of the molecule is Cc1cc(F)cc(OC2CCCC(C)(C)C2)c1. The minimum absolute atomic E-state index is 0.213. The van der Waals surface area contributed by atoms with Crippen molar-refractivity contribution in [2.24, 2.45) is 5.41 Å². The van der Waals surface area contributed by atoms with Gasteiger partial charge in [0, 0.05) is 6.07 Å². The Bertz CT molecular complexity index is 378. The third-order valence-electron chi connectivity index (χ3n) is 3.48. The molecule has 17 heavy (non-hydrogen) atoms. The van der Waals surface area contributed by atoms with E-state index in [0.717, 1.165) is 18.4 Å². The Kier molecular flexibility index (Phi) is 3.41. The summed E-state index contributed by atoms with van der Waals surface area (Å²) in [5, 5.41) is 0. The molecular weight excluding hydrogens is 215 g/mol. The molecule has 1 aromatic rings. The molecule has 1 aromatic carbocycles. The average Bonchev–Trinajstić information content (AvgIpc) is 2.13. The van der Waals surface area contributed by atoms with Crippen LogP contribution < -0.4 is 4.74 Å². The van der Waals surface area contributed by atoms with E-state index in [9.17, 15) is 4.39 Å². The fourth-order valence-electron chi connectivity index (χ4n) is 2.69. The van der Waals surface area contributed by atoms with Crippen LogP contribution in [0.2, 0.25) is 0 Å². The molecule has 0 aromatic heterocycles. The molecule has 0 bridgehead atoms. The van der Waals surface area contributed by atoms with Crippen LogP contribution in [0.4, 0.5) is 4.39 Å². The number of aryl methyl sites for hydroxylation is 1. The molecule has 1 nitrogen and oxygen atoms in total. The minimum Gasteiger partial charge on any atom is -0.490 e. The standard InChI is InChI=1S/C15H21FO/c1-11-7-12(16)9-14(8-11)17-13-5-4-6-15(2,3)10-13/h7-9,13H,4-6,10H2,1-3H3. The van der Waals surface area contributed by atoms with Gasteiger partial charge in [0.15, 0.2) is 0 Å². The molecule has 0 aliphatic heterocycles. The second-order valence-corrected chi connectivity index (χ2v) is 5.96. The summed E-state index contributed by atoms with van der Waals surface area (Å²) >= 11 is 0. The molecule has 0 saturated heterocycles. The number of rotatable bonds is 2. The first-order valence-electron chi connectivity index (χ1n) is 6.38. The summed E-state index contributed by atoms with van der Waals surface area (Å²) in [4.78, 5) is 0. The van der Waals surface area contributed by atoms with E-state index in [4.69, 9.17) is 4.74 Å². The monoisotopic (exact) mass is 236 g/mol. The molecule has 1 aliphatic carbocycles. The first-order chi connectivity index (χ1) is 7.94. The van der Waals surface area contributed by atoms with Gasteiger partial charge >= 0.3 is 0 Å². The van der Waals surface area contributed by atoms with Crippen molar-refractivity contribution in [3.05, 3.63) is 29.6 Å². The minimum atomic E-state index is -0.213. The molecule has 0 amide bonds. The summed E-state index contributed by atoms with van der Waals surface area (Å²) in [5.74, 6) is 0.459. The van der Waals surface area contributed by atoms with Crippen LogP contribution >= 0.6 is 0 Å². The van der Waals surface area contributed by atoms with Crippen molar-refractivity contribution in [3.8, 4) is 5.75 Å². The lowest BCUT2D eigenvalue weighted by Crippen LogP contribution is -2.30. The van der Waals surface area contributed by atoms with Gasteiger partial charge in [-0.25, -0.2) is 4.39 Å². The van der Waals surface area contributed by atoms with Gasteiger partial charge in [0.1, 0.15) is 11.6 Å². The third kappa shape index (κ3) is 3.45. The van der Waals surface area contributed by atoms with E-state index in [0.29, 0.717) is 11.2 Å². The topological polar surface area (TPSA) is 9.23 Å². The van der Waals surface area contributed by atoms with Gasteiger partial charge < -0.3 is 4.74 Å². The van der Waals surface area contributed by atoms with Gasteiger partial charge in [0.05, 0.1) is 6.10 Å². The van der Waals surface area contributed by atoms with Crippen molar-refractivity contribution < 1.29 is 9.13 Å². The normalized spacial score (nSPS) is 23.4.